The minimum Gasteiger partial charge on any atom is -0.205 e. The number of aryl methyl sites for hydroxylation is 1. The summed E-state index contributed by atoms with van der Waals surface area (Å²) >= 11 is 5.69. The Labute approximate surface area is 133 Å². The van der Waals surface area contributed by atoms with Crippen molar-refractivity contribution in [1.82, 2.24) is 4.83 Å². The average molecular weight is 341 g/mol. The zero-order valence-corrected chi connectivity index (χ0v) is 13.5. The van der Waals surface area contributed by atoms with Crippen LogP contribution in [-0.2, 0) is 10.0 Å². The maximum Gasteiger partial charge on any atom is 0.276 e. The van der Waals surface area contributed by atoms with E-state index in [1.165, 1.54) is 31.2 Å². The van der Waals surface area contributed by atoms with Crippen LogP contribution in [0.15, 0.2) is 52.5 Å². The van der Waals surface area contributed by atoms with E-state index in [1.807, 2.05) is 6.92 Å². The fourth-order valence-electron chi connectivity index (χ4n) is 1.74. The number of sulfonamides is 1. The second kappa shape index (κ2) is 6.46. The molecule has 4 nitrogen and oxygen atoms in total. The molecule has 1 N–H and O–H groups in total. The molecule has 7 heteroatoms. The normalized spacial score (nSPS) is 12.3. The zero-order chi connectivity index (χ0) is 16.3. The molecule has 0 aliphatic carbocycles. The summed E-state index contributed by atoms with van der Waals surface area (Å²) in [5, 5.41) is 3.70. The van der Waals surface area contributed by atoms with Crippen molar-refractivity contribution < 1.29 is 12.8 Å². The lowest BCUT2D eigenvalue weighted by atomic mass is 10.1. The van der Waals surface area contributed by atoms with Gasteiger partial charge in [0.1, 0.15) is 0 Å². The van der Waals surface area contributed by atoms with Crippen LogP contribution in [0.1, 0.15) is 18.1 Å². The molecule has 0 aromatic heterocycles. The number of benzene rings is 2. The zero-order valence-electron chi connectivity index (χ0n) is 12.0. The molecule has 2 rings (SSSR count). The molecule has 0 atom stereocenters. The van der Waals surface area contributed by atoms with Crippen LogP contribution in [0.5, 0.6) is 0 Å². The Morgan fingerprint density at radius 1 is 1.18 bits per heavy atom. The standard InChI is InChI=1S/C15H14ClFN2O2S/c1-10-6-8-12(9-7-10)22(20,21)19-18-11(2)13-4-3-5-14(16)15(13)17/h3-9,19H,1-2H3. The van der Waals surface area contributed by atoms with Gasteiger partial charge in [-0.15, -0.1) is 0 Å². The molecule has 0 saturated carbocycles. The fraction of sp³-hybridized carbons (Fsp3) is 0.133. The van der Waals surface area contributed by atoms with Gasteiger partial charge in [0, 0.05) is 5.56 Å². The van der Waals surface area contributed by atoms with E-state index >= 15 is 0 Å². The van der Waals surface area contributed by atoms with Gasteiger partial charge in [0.2, 0.25) is 0 Å². The minimum absolute atomic E-state index is 0.0477. The highest BCUT2D eigenvalue weighted by molar-refractivity contribution is 7.89. The van der Waals surface area contributed by atoms with E-state index in [9.17, 15) is 12.8 Å². The summed E-state index contributed by atoms with van der Waals surface area (Å²) in [6.45, 7) is 3.35. The first kappa shape index (κ1) is 16.5. The van der Waals surface area contributed by atoms with Crippen LogP contribution < -0.4 is 4.83 Å². The predicted molar refractivity (Wildman–Crippen MR) is 85.1 cm³/mol. The lowest BCUT2D eigenvalue weighted by Crippen LogP contribution is -2.20. The molecule has 0 heterocycles. The fourth-order valence-corrected chi connectivity index (χ4v) is 2.77. The maximum atomic E-state index is 13.8. The number of hydrogen-bond acceptors (Lipinski definition) is 3. The summed E-state index contributed by atoms with van der Waals surface area (Å²) in [4.78, 5) is 2.17. The van der Waals surface area contributed by atoms with Crippen molar-refractivity contribution in [2.75, 3.05) is 0 Å². The SMILES string of the molecule is CC(=NNS(=O)(=O)c1ccc(C)cc1)c1cccc(Cl)c1F. The van der Waals surface area contributed by atoms with Gasteiger partial charge in [-0.3, -0.25) is 0 Å². The van der Waals surface area contributed by atoms with Gasteiger partial charge in [-0.1, -0.05) is 41.4 Å². The van der Waals surface area contributed by atoms with Gasteiger partial charge < -0.3 is 0 Å². The van der Waals surface area contributed by atoms with Crippen LogP contribution >= 0.6 is 11.6 Å². The van der Waals surface area contributed by atoms with Gasteiger partial charge in [0.25, 0.3) is 10.0 Å². The van der Waals surface area contributed by atoms with Crippen molar-refractivity contribution in [1.29, 1.82) is 0 Å². The van der Waals surface area contributed by atoms with Gasteiger partial charge in [0.15, 0.2) is 5.82 Å². The molecule has 0 spiro atoms. The Morgan fingerprint density at radius 3 is 2.45 bits per heavy atom. The van der Waals surface area contributed by atoms with Crippen LogP contribution in [0.4, 0.5) is 4.39 Å². The topological polar surface area (TPSA) is 58.5 Å². The third-order valence-corrected chi connectivity index (χ3v) is 4.52. The molecule has 0 aliphatic rings. The van der Waals surface area contributed by atoms with E-state index in [4.69, 9.17) is 11.6 Å². The third-order valence-electron chi connectivity index (χ3n) is 3.01. The van der Waals surface area contributed by atoms with Crippen molar-refractivity contribution in [3.05, 3.63) is 64.4 Å². The van der Waals surface area contributed by atoms with Gasteiger partial charge in [-0.2, -0.15) is 18.4 Å². The van der Waals surface area contributed by atoms with Crippen LogP contribution in [0, 0.1) is 12.7 Å². The van der Waals surface area contributed by atoms with Crippen molar-refractivity contribution in [2.45, 2.75) is 18.7 Å². The highest BCUT2D eigenvalue weighted by atomic mass is 35.5. The molecule has 0 radical (unpaired) electrons. The summed E-state index contributed by atoms with van der Waals surface area (Å²) in [5.74, 6) is -0.639. The molecule has 0 fully saturated rings. The second-order valence-electron chi connectivity index (χ2n) is 4.71. The predicted octanol–water partition coefficient (Wildman–Crippen LogP) is 3.49. The van der Waals surface area contributed by atoms with E-state index in [2.05, 4.69) is 9.93 Å². The lowest BCUT2D eigenvalue weighted by molar-refractivity contribution is 0.584. The molecular formula is C15H14ClFN2O2S. The number of halogens is 2. The van der Waals surface area contributed by atoms with Gasteiger partial charge in [-0.05, 0) is 32.0 Å². The highest BCUT2D eigenvalue weighted by Crippen LogP contribution is 2.18. The van der Waals surface area contributed by atoms with Crippen LogP contribution in [0.2, 0.25) is 5.02 Å². The Balaban J connectivity index is 2.26. The largest absolute Gasteiger partial charge is 0.276 e. The Hall–Kier alpha value is -1.92. The second-order valence-corrected chi connectivity index (χ2v) is 6.77. The van der Waals surface area contributed by atoms with Gasteiger partial charge in [0.05, 0.1) is 15.6 Å². The Morgan fingerprint density at radius 2 is 1.82 bits per heavy atom. The quantitative estimate of drug-likeness (QED) is 0.684. The van der Waals surface area contributed by atoms with Crippen LogP contribution in [-0.4, -0.2) is 14.1 Å². The molecule has 0 aliphatic heterocycles. The Kier molecular flexibility index (Phi) is 4.83. The molecule has 0 saturated heterocycles. The minimum atomic E-state index is -3.80. The smallest absolute Gasteiger partial charge is 0.205 e. The average Bonchev–Trinajstić information content (AvgIpc) is 2.48. The first-order valence-corrected chi connectivity index (χ1v) is 8.24. The molecule has 2 aromatic carbocycles. The summed E-state index contributed by atoms with van der Waals surface area (Å²) in [7, 11) is -3.80. The third kappa shape index (κ3) is 3.64. The molecule has 116 valence electrons. The van der Waals surface area contributed by atoms with E-state index in [0.29, 0.717) is 0 Å². The molecule has 2 aromatic rings. The van der Waals surface area contributed by atoms with Gasteiger partial charge >= 0.3 is 0 Å². The van der Waals surface area contributed by atoms with Crippen molar-refractivity contribution in [2.24, 2.45) is 5.10 Å². The molecule has 0 unspecified atom stereocenters. The summed E-state index contributed by atoms with van der Waals surface area (Å²) in [6.07, 6.45) is 0. The van der Waals surface area contributed by atoms with Crippen molar-refractivity contribution in [3.63, 3.8) is 0 Å². The van der Waals surface area contributed by atoms with E-state index < -0.39 is 15.8 Å². The van der Waals surface area contributed by atoms with Crippen LogP contribution in [0.25, 0.3) is 0 Å². The number of hydrazone groups is 1. The molecular weight excluding hydrogens is 327 g/mol. The maximum absolute atomic E-state index is 13.8. The molecule has 0 amide bonds. The monoisotopic (exact) mass is 340 g/mol. The summed E-state index contributed by atoms with van der Waals surface area (Å²) in [6, 6.07) is 10.8. The highest BCUT2D eigenvalue weighted by Gasteiger charge is 2.14. The van der Waals surface area contributed by atoms with E-state index in [1.54, 1.807) is 18.2 Å². The molecule has 22 heavy (non-hydrogen) atoms. The van der Waals surface area contributed by atoms with Gasteiger partial charge in [-0.25, -0.2) is 4.39 Å². The lowest BCUT2D eigenvalue weighted by Gasteiger charge is -2.07. The number of nitrogens with one attached hydrogen (secondary N) is 1. The number of rotatable bonds is 4. The number of nitrogens with zero attached hydrogens (tertiary/aromatic N) is 1. The molecule has 0 bridgehead atoms. The van der Waals surface area contributed by atoms with Crippen LogP contribution in [0.3, 0.4) is 0 Å². The summed E-state index contributed by atoms with van der Waals surface area (Å²) in [5.41, 5.74) is 1.26. The van der Waals surface area contributed by atoms with E-state index in [-0.39, 0.29) is 21.2 Å². The number of hydrogen-bond donors (Lipinski definition) is 1. The summed E-state index contributed by atoms with van der Waals surface area (Å²) < 4.78 is 38.0. The first-order chi connectivity index (χ1) is 10.3. The van der Waals surface area contributed by atoms with E-state index in [0.717, 1.165) is 5.56 Å². The Bertz CT molecular complexity index is 818. The van der Waals surface area contributed by atoms with Crippen molar-refractivity contribution in [3.8, 4) is 0 Å². The van der Waals surface area contributed by atoms with Crippen molar-refractivity contribution >= 4 is 27.3 Å². The first-order valence-electron chi connectivity index (χ1n) is 6.38.